The summed E-state index contributed by atoms with van der Waals surface area (Å²) in [6.07, 6.45) is 0.719. The molecule has 1 rings (SSSR count). The first-order chi connectivity index (χ1) is 11.3. The molecule has 0 radical (unpaired) electrons. The van der Waals surface area contributed by atoms with Crippen molar-refractivity contribution in [3.63, 3.8) is 0 Å². The van der Waals surface area contributed by atoms with Gasteiger partial charge in [0.15, 0.2) is 10.8 Å². The summed E-state index contributed by atoms with van der Waals surface area (Å²) < 4.78 is 19.2. The molecule has 136 valence electrons. The maximum Gasteiger partial charge on any atom is 0.325 e. The third-order valence-corrected chi connectivity index (χ3v) is 5.13. The van der Waals surface area contributed by atoms with Gasteiger partial charge in [-0.05, 0) is 11.8 Å². The lowest BCUT2D eigenvalue weighted by Crippen LogP contribution is -2.78. The van der Waals surface area contributed by atoms with Crippen molar-refractivity contribution in [1.29, 1.82) is 0 Å². The molecule has 8 heteroatoms. The molecule has 0 amide bonds. The maximum atomic E-state index is 12.7. The summed E-state index contributed by atoms with van der Waals surface area (Å²) >= 11 is 0. The molecule has 0 heterocycles. The van der Waals surface area contributed by atoms with Crippen LogP contribution in [0, 0.1) is 22.7 Å². The lowest BCUT2D eigenvalue weighted by atomic mass is 9.36. The molecule has 1 aliphatic rings. The predicted octanol–water partition coefficient (Wildman–Crippen LogP) is 0.717. The zero-order valence-electron chi connectivity index (χ0n) is 14.8. The van der Waals surface area contributed by atoms with E-state index in [4.69, 9.17) is 18.9 Å². The van der Waals surface area contributed by atoms with Gasteiger partial charge in [0.05, 0.1) is 28.4 Å². The predicted molar refractivity (Wildman–Crippen MR) is 80.5 cm³/mol. The molecule has 0 aromatic carbocycles. The molecule has 8 nitrogen and oxygen atoms in total. The summed E-state index contributed by atoms with van der Waals surface area (Å²) in [5.41, 5.74) is -4.27. The first-order valence-corrected chi connectivity index (χ1v) is 7.66. The number of rotatable bonds is 6. The molecule has 24 heavy (non-hydrogen) atoms. The van der Waals surface area contributed by atoms with Crippen molar-refractivity contribution in [3.8, 4) is 0 Å². The van der Waals surface area contributed by atoms with E-state index in [-0.39, 0.29) is 0 Å². The number of hydrogen-bond donors (Lipinski definition) is 0. The Morgan fingerprint density at radius 3 is 0.958 bits per heavy atom. The van der Waals surface area contributed by atoms with E-state index in [1.54, 1.807) is 13.8 Å². The number of ether oxygens (including phenoxy) is 4. The summed E-state index contributed by atoms with van der Waals surface area (Å²) in [7, 11) is 4.33. The average Bonchev–Trinajstić information content (AvgIpc) is 2.60. The van der Waals surface area contributed by atoms with Gasteiger partial charge >= 0.3 is 23.9 Å². The van der Waals surface area contributed by atoms with Crippen LogP contribution in [0.5, 0.6) is 0 Å². The Hall–Kier alpha value is -2.12. The third-order valence-electron chi connectivity index (χ3n) is 5.13. The van der Waals surface area contributed by atoms with E-state index in [0.29, 0.717) is 12.8 Å². The van der Waals surface area contributed by atoms with Gasteiger partial charge < -0.3 is 18.9 Å². The van der Waals surface area contributed by atoms with Crippen molar-refractivity contribution in [2.45, 2.75) is 26.7 Å². The Kier molecular flexibility index (Phi) is 5.97. The summed E-state index contributed by atoms with van der Waals surface area (Å²) in [6.45, 7) is 3.51. The summed E-state index contributed by atoms with van der Waals surface area (Å²) in [5.74, 6) is -5.30. The second-order valence-electron chi connectivity index (χ2n) is 5.61. The first-order valence-electron chi connectivity index (χ1n) is 7.66. The molecule has 1 saturated carbocycles. The molecule has 0 bridgehead atoms. The van der Waals surface area contributed by atoms with Crippen LogP contribution in [-0.2, 0) is 38.1 Å². The number of methoxy groups -OCH3 is 4. The number of hydrogen-bond acceptors (Lipinski definition) is 8. The molecule has 0 aromatic heterocycles. The molecule has 1 aliphatic carbocycles. The highest BCUT2D eigenvalue weighted by Gasteiger charge is 2.87. The van der Waals surface area contributed by atoms with E-state index in [9.17, 15) is 19.2 Å². The largest absolute Gasteiger partial charge is 0.468 e. The van der Waals surface area contributed by atoms with E-state index in [2.05, 4.69) is 0 Å². The average molecular weight is 344 g/mol. The van der Waals surface area contributed by atoms with Crippen molar-refractivity contribution in [1.82, 2.24) is 0 Å². The fraction of sp³-hybridized carbons (Fsp3) is 0.750. The van der Waals surface area contributed by atoms with Gasteiger partial charge in [0.1, 0.15) is 0 Å². The molecule has 0 spiro atoms. The SMILES string of the molecule is CCC1C(CC)C(C(=O)OC)(C(=O)OC)C1(C(=O)OC)C(=O)OC. The fourth-order valence-corrected chi connectivity index (χ4v) is 4.33. The molecule has 0 aromatic rings. The van der Waals surface area contributed by atoms with Gasteiger partial charge in [-0.15, -0.1) is 0 Å². The number of esters is 4. The lowest BCUT2D eigenvalue weighted by molar-refractivity contribution is -0.248. The van der Waals surface area contributed by atoms with Crippen LogP contribution < -0.4 is 0 Å². The fourth-order valence-electron chi connectivity index (χ4n) is 4.33. The molecular weight excluding hydrogens is 320 g/mol. The van der Waals surface area contributed by atoms with Crippen LogP contribution in [0.25, 0.3) is 0 Å². The highest BCUT2D eigenvalue weighted by molar-refractivity contribution is 6.17. The minimum absolute atomic E-state index is 0.360. The molecule has 0 saturated heterocycles. The topological polar surface area (TPSA) is 105 Å². The maximum absolute atomic E-state index is 12.7. The van der Waals surface area contributed by atoms with Gasteiger partial charge in [-0.25, -0.2) is 0 Å². The van der Waals surface area contributed by atoms with Crippen LogP contribution in [0.4, 0.5) is 0 Å². The molecular formula is C16H24O8. The minimum Gasteiger partial charge on any atom is -0.468 e. The van der Waals surface area contributed by atoms with Crippen LogP contribution in [-0.4, -0.2) is 52.3 Å². The zero-order chi connectivity index (χ0) is 18.7. The highest BCUT2D eigenvalue weighted by Crippen LogP contribution is 2.69. The van der Waals surface area contributed by atoms with Crippen molar-refractivity contribution in [2.75, 3.05) is 28.4 Å². The standard InChI is InChI=1S/C16H24O8/c1-7-9-10(8-2)16(13(19)23-5,14(20)24-6)15(9,11(17)21-3)12(18)22-4/h9-10H,7-8H2,1-6H3. The Labute approximate surface area is 140 Å². The monoisotopic (exact) mass is 344 g/mol. The van der Waals surface area contributed by atoms with E-state index >= 15 is 0 Å². The van der Waals surface area contributed by atoms with E-state index in [1.807, 2.05) is 0 Å². The Bertz CT molecular complexity index is 458. The Morgan fingerprint density at radius 1 is 0.625 bits per heavy atom. The van der Waals surface area contributed by atoms with E-state index in [0.717, 1.165) is 28.4 Å². The molecule has 2 unspecified atom stereocenters. The second kappa shape index (κ2) is 7.19. The van der Waals surface area contributed by atoms with Crippen LogP contribution in [0.3, 0.4) is 0 Å². The van der Waals surface area contributed by atoms with Gasteiger partial charge in [-0.3, -0.25) is 19.2 Å². The van der Waals surface area contributed by atoms with Crippen molar-refractivity contribution >= 4 is 23.9 Å². The normalized spacial score (nSPS) is 23.4. The quantitative estimate of drug-likeness (QED) is 0.394. The van der Waals surface area contributed by atoms with Gasteiger partial charge in [-0.1, -0.05) is 26.7 Å². The lowest BCUT2D eigenvalue weighted by Gasteiger charge is -2.61. The van der Waals surface area contributed by atoms with Gasteiger partial charge in [0, 0.05) is 0 Å². The molecule has 0 N–H and O–H groups in total. The Morgan fingerprint density at radius 2 is 0.833 bits per heavy atom. The highest BCUT2D eigenvalue weighted by atomic mass is 16.6. The van der Waals surface area contributed by atoms with Crippen molar-refractivity contribution in [2.24, 2.45) is 22.7 Å². The smallest absolute Gasteiger partial charge is 0.325 e. The summed E-state index contributed by atoms with van der Waals surface area (Å²) in [5, 5.41) is 0. The number of carbonyl (C=O) groups is 4. The first kappa shape index (κ1) is 19.9. The van der Waals surface area contributed by atoms with Crippen LogP contribution in [0.2, 0.25) is 0 Å². The zero-order valence-corrected chi connectivity index (χ0v) is 14.8. The second-order valence-corrected chi connectivity index (χ2v) is 5.61. The summed E-state index contributed by atoms with van der Waals surface area (Å²) in [4.78, 5) is 50.7. The molecule has 1 fully saturated rings. The summed E-state index contributed by atoms with van der Waals surface area (Å²) in [6, 6.07) is 0. The van der Waals surface area contributed by atoms with Crippen LogP contribution in [0.1, 0.15) is 26.7 Å². The number of carbonyl (C=O) groups excluding carboxylic acids is 4. The van der Waals surface area contributed by atoms with E-state index in [1.165, 1.54) is 0 Å². The van der Waals surface area contributed by atoms with E-state index < -0.39 is 46.5 Å². The van der Waals surface area contributed by atoms with Gasteiger partial charge in [0.25, 0.3) is 0 Å². The van der Waals surface area contributed by atoms with Crippen LogP contribution in [0.15, 0.2) is 0 Å². The van der Waals surface area contributed by atoms with Gasteiger partial charge in [-0.2, -0.15) is 0 Å². The van der Waals surface area contributed by atoms with Gasteiger partial charge in [0.2, 0.25) is 0 Å². The minimum atomic E-state index is -2.13. The molecule has 2 atom stereocenters. The Balaban J connectivity index is 3.87. The van der Waals surface area contributed by atoms with Crippen molar-refractivity contribution < 1.29 is 38.1 Å². The third kappa shape index (κ3) is 2.04. The van der Waals surface area contributed by atoms with Crippen molar-refractivity contribution in [3.05, 3.63) is 0 Å². The molecule has 0 aliphatic heterocycles. The van der Waals surface area contributed by atoms with Crippen LogP contribution >= 0.6 is 0 Å².